The lowest BCUT2D eigenvalue weighted by molar-refractivity contribution is 0.243. The topological polar surface area (TPSA) is 69.2 Å². The van der Waals surface area contributed by atoms with Gasteiger partial charge in [-0.2, -0.15) is 5.26 Å². The van der Waals surface area contributed by atoms with Crippen LogP contribution in [0, 0.1) is 17.1 Å². The second-order valence-corrected chi connectivity index (χ2v) is 6.58. The van der Waals surface area contributed by atoms with Crippen molar-refractivity contribution in [3.05, 3.63) is 52.6 Å². The third-order valence-corrected chi connectivity index (χ3v) is 4.78. The van der Waals surface area contributed by atoms with Crippen molar-refractivity contribution in [3.63, 3.8) is 0 Å². The molecule has 0 bridgehead atoms. The number of aromatic nitrogens is 2. The van der Waals surface area contributed by atoms with Gasteiger partial charge in [-0.25, -0.2) is 9.37 Å². The minimum Gasteiger partial charge on any atom is -0.356 e. The van der Waals surface area contributed by atoms with E-state index < -0.39 is 0 Å². The van der Waals surface area contributed by atoms with E-state index in [2.05, 4.69) is 19.9 Å². The van der Waals surface area contributed by atoms with Gasteiger partial charge in [-0.3, -0.25) is 4.90 Å². The van der Waals surface area contributed by atoms with Crippen molar-refractivity contribution in [2.75, 3.05) is 31.1 Å². The van der Waals surface area contributed by atoms with Gasteiger partial charge in [0.05, 0.1) is 10.6 Å². The van der Waals surface area contributed by atoms with Crippen LogP contribution < -0.4 is 4.90 Å². The smallest absolute Gasteiger partial charge is 0.170 e. The first-order valence-electron chi connectivity index (χ1n) is 8.21. The summed E-state index contributed by atoms with van der Waals surface area (Å²) >= 11 is 6.25. The van der Waals surface area contributed by atoms with Gasteiger partial charge in [0.2, 0.25) is 0 Å². The lowest BCUT2D eigenvalue weighted by Crippen LogP contribution is -2.46. The molecule has 0 amide bonds. The highest BCUT2D eigenvalue weighted by Gasteiger charge is 2.22. The molecule has 2 aromatic heterocycles. The summed E-state index contributed by atoms with van der Waals surface area (Å²) in [5, 5.41) is 14.3. The Morgan fingerprint density at radius 3 is 2.77 bits per heavy atom. The van der Waals surface area contributed by atoms with E-state index in [4.69, 9.17) is 21.4 Å². The number of fused-ring (bicyclic) bond motifs is 1. The minimum absolute atomic E-state index is 0.333. The zero-order valence-corrected chi connectivity index (χ0v) is 14.6. The van der Waals surface area contributed by atoms with Crippen molar-refractivity contribution >= 4 is 28.4 Å². The van der Waals surface area contributed by atoms with E-state index in [1.54, 1.807) is 12.1 Å². The lowest BCUT2D eigenvalue weighted by Gasteiger charge is -2.35. The monoisotopic (exact) mass is 371 g/mol. The van der Waals surface area contributed by atoms with Crippen LogP contribution in [0.1, 0.15) is 11.3 Å². The Morgan fingerprint density at radius 2 is 2.04 bits per heavy atom. The molecule has 1 aliphatic rings. The van der Waals surface area contributed by atoms with Gasteiger partial charge >= 0.3 is 0 Å². The summed E-state index contributed by atoms with van der Waals surface area (Å²) in [6, 6.07) is 8.14. The van der Waals surface area contributed by atoms with Crippen LogP contribution in [0.5, 0.6) is 0 Å². The Bertz CT molecular complexity index is 991. The quantitative estimate of drug-likeness (QED) is 0.704. The number of anilines is 1. The summed E-state index contributed by atoms with van der Waals surface area (Å²) in [5.74, 6) is 0.369. The molecular formula is C18H15ClFN5O. The zero-order chi connectivity index (χ0) is 18.1. The molecule has 0 N–H and O–H groups in total. The van der Waals surface area contributed by atoms with Gasteiger partial charge in [-0.15, -0.1) is 0 Å². The summed E-state index contributed by atoms with van der Waals surface area (Å²) in [7, 11) is 0. The van der Waals surface area contributed by atoms with Crippen molar-refractivity contribution in [1.82, 2.24) is 15.0 Å². The Labute approximate surface area is 154 Å². The van der Waals surface area contributed by atoms with E-state index in [0.29, 0.717) is 28.5 Å². The maximum absolute atomic E-state index is 13.3. The largest absolute Gasteiger partial charge is 0.356 e. The maximum Gasteiger partial charge on any atom is 0.170 e. The van der Waals surface area contributed by atoms with Crippen LogP contribution in [0.15, 0.2) is 35.0 Å². The number of hydrogen-bond donors (Lipinski definition) is 0. The highest BCUT2D eigenvalue weighted by atomic mass is 35.5. The van der Waals surface area contributed by atoms with Crippen molar-refractivity contribution in [2.45, 2.75) is 6.54 Å². The predicted octanol–water partition coefficient (Wildman–Crippen LogP) is 3.21. The fraction of sp³-hybridized carbons (Fsp3) is 0.278. The predicted molar refractivity (Wildman–Crippen MR) is 95.4 cm³/mol. The fourth-order valence-electron chi connectivity index (χ4n) is 3.13. The maximum atomic E-state index is 13.3. The highest BCUT2D eigenvalue weighted by molar-refractivity contribution is 6.33. The van der Waals surface area contributed by atoms with Crippen LogP contribution in [0.4, 0.5) is 10.2 Å². The Morgan fingerprint density at radius 1 is 1.23 bits per heavy atom. The van der Waals surface area contributed by atoms with E-state index in [0.717, 1.165) is 37.3 Å². The SMILES string of the molecule is N#Cc1cnc(N2CCN(Cc3noc4cc(F)ccc34)CC2)c(Cl)c1. The van der Waals surface area contributed by atoms with Gasteiger partial charge < -0.3 is 9.42 Å². The molecule has 1 saturated heterocycles. The van der Waals surface area contributed by atoms with Crippen molar-refractivity contribution < 1.29 is 8.91 Å². The molecule has 1 aliphatic heterocycles. The molecule has 1 fully saturated rings. The Hall–Kier alpha value is -2.69. The van der Waals surface area contributed by atoms with Crippen LogP contribution in [-0.4, -0.2) is 41.2 Å². The third-order valence-electron chi connectivity index (χ3n) is 4.50. The molecule has 0 atom stereocenters. The van der Waals surface area contributed by atoms with Crippen molar-refractivity contribution in [3.8, 4) is 6.07 Å². The van der Waals surface area contributed by atoms with Gasteiger partial charge in [-0.05, 0) is 18.2 Å². The average molecular weight is 372 g/mol. The summed E-state index contributed by atoms with van der Waals surface area (Å²) in [6.45, 7) is 3.80. The van der Waals surface area contributed by atoms with E-state index in [9.17, 15) is 4.39 Å². The summed E-state index contributed by atoms with van der Waals surface area (Å²) in [5.41, 5.74) is 1.72. The normalized spacial score (nSPS) is 15.3. The van der Waals surface area contributed by atoms with Gasteiger partial charge in [0.25, 0.3) is 0 Å². The molecule has 1 aromatic carbocycles. The number of pyridine rings is 1. The zero-order valence-electron chi connectivity index (χ0n) is 13.8. The van der Waals surface area contributed by atoms with Crippen LogP contribution in [0.3, 0.4) is 0 Å². The molecule has 132 valence electrons. The van der Waals surface area contributed by atoms with Gasteiger partial charge in [0, 0.05) is 50.4 Å². The molecule has 0 unspecified atom stereocenters. The molecule has 4 rings (SSSR count). The molecule has 26 heavy (non-hydrogen) atoms. The molecule has 0 spiro atoms. The molecule has 3 heterocycles. The van der Waals surface area contributed by atoms with E-state index >= 15 is 0 Å². The number of halogens is 2. The average Bonchev–Trinajstić information content (AvgIpc) is 3.04. The Balaban J connectivity index is 1.43. The Kier molecular flexibility index (Phi) is 4.45. The second-order valence-electron chi connectivity index (χ2n) is 6.17. The first-order chi connectivity index (χ1) is 12.6. The third kappa shape index (κ3) is 3.21. The molecule has 8 heteroatoms. The number of piperazine rings is 1. The standard InChI is InChI=1S/C18H15ClFN5O/c19-15-7-12(9-21)10-22-18(15)25-5-3-24(4-6-25)11-16-14-2-1-13(20)8-17(14)26-23-16/h1-2,7-8,10H,3-6,11H2. The first-order valence-corrected chi connectivity index (χ1v) is 8.58. The van der Waals surface area contributed by atoms with Crippen LogP contribution in [-0.2, 0) is 6.54 Å². The molecule has 0 saturated carbocycles. The van der Waals surface area contributed by atoms with Gasteiger partial charge in [-0.1, -0.05) is 16.8 Å². The minimum atomic E-state index is -0.333. The first kappa shape index (κ1) is 16.8. The molecular weight excluding hydrogens is 357 g/mol. The number of nitrogens with zero attached hydrogens (tertiary/aromatic N) is 5. The van der Waals surface area contributed by atoms with Crippen LogP contribution in [0.2, 0.25) is 5.02 Å². The molecule has 0 radical (unpaired) electrons. The second kappa shape index (κ2) is 6.90. The summed E-state index contributed by atoms with van der Waals surface area (Å²) in [6.07, 6.45) is 1.54. The van der Waals surface area contributed by atoms with E-state index in [1.807, 2.05) is 6.07 Å². The van der Waals surface area contributed by atoms with E-state index in [-0.39, 0.29) is 5.82 Å². The number of rotatable bonds is 3. The highest BCUT2D eigenvalue weighted by Crippen LogP contribution is 2.26. The molecule has 0 aliphatic carbocycles. The van der Waals surface area contributed by atoms with Gasteiger partial charge in [0.1, 0.15) is 23.4 Å². The fourth-order valence-corrected chi connectivity index (χ4v) is 3.42. The van der Waals surface area contributed by atoms with Crippen LogP contribution >= 0.6 is 11.6 Å². The van der Waals surface area contributed by atoms with Crippen molar-refractivity contribution in [1.29, 1.82) is 5.26 Å². The van der Waals surface area contributed by atoms with Crippen molar-refractivity contribution in [2.24, 2.45) is 0 Å². The number of nitriles is 1. The lowest BCUT2D eigenvalue weighted by atomic mass is 10.2. The van der Waals surface area contributed by atoms with E-state index in [1.165, 1.54) is 18.3 Å². The number of benzene rings is 1. The number of hydrogen-bond acceptors (Lipinski definition) is 6. The summed E-state index contributed by atoms with van der Waals surface area (Å²) < 4.78 is 18.5. The molecule has 3 aromatic rings. The van der Waals surface area contributed by atoms with Gasteiger partial charge in [0.15, 0.2) is 5.58 Å². The molecule has 6 nitrogen and oxygen atoms in total. The van der Waals surface area contributed by atoms with Crippen LogP contribution in [0.25, 0.3) is 11.0 Å². The summed E-state index contributed by atoms with van der Waals surface area (Å²) in [4.78, 5) is 8.68.